The van der Waals surface area contributed by atoms with Crippen LogP contribution in [0.3, 0.4) is 0 Å². The second kappa shape index (κ2) is 5.36. The number of hydrogen-bond donors (Lipinski definition) is 1. The van der Waals surface area contributed by atoms with Gasteiger partial charge in [0.2, 0.25) is 5.91 Å². The molecular formula is C14H15BrN4O. The van der Waals surface area contributed by atoms with Gasteiger partial charge in [0.25, 0.3) is 0 Å². The average molecular weight is 335 g/mol. The van der Waals surface area contributed by atoms with E-state index in [9.17, 15) is 4.79 Å². The second-order valence-corrected chi connectivity index (χ2v) is 6.00. The van der Waals surface area contributed by atoms with Crippen molar-refractivity contribution in [3.63, 3.8) is 0 Å². The van der Waals surface area contributed by atoms with E-state index in [4.69, 9.17) is 0 Å². The van der Waals surface area contributed by atoms with Crippen LogP contribution in [0.25, 0.3) is 0 Å². The van der Waals surface area contributed by atoms with Gasteiger partial charge in [-0.15, -0.1) is 10.2 Å². The van der Waals surface area contributed by atoms with E-state index in [-0.39, 0.29) is 11.8 Å². The molecule has 1 aliphatic carbocycles. The van der Waals surface area contributed by atoms with Gasteiger partial charge in [0.15, 0.2) is 5.82 Å². The quantitative estimate of drug-likeness (QED) is 0.930. The van der Waals surface area contributed by atoms with Gasteiger partial charge in [0.1, 0.15) is 6.33 Å². The molecule has 1 N–H and O–H groups in total. The number of carbonyl (C=O) groups excluding carboxylic acids is 1. The largest absolute Gasteiger partial charge is 0.349 e. The predicted molar refractivity (Wildman–Crippen MR) is 77.8 cm³/mol. The summed E-state index contributed by atoms with van der Waals surface area (Å²) in [7, 11) is 1.86. The topological polar surface area (TPSA) is 59.8 Å². The molecule has 1 saturated carbocycles. The Morgan fingerprint density at radius 2 is 2.40 bits per heavy atom. The first kappa shape index (κ1) is 13.3. The number of aryl methyl sites for hydroxylation is 1. The van der Waals surface area contributed by atoms with E-state index in [1.165, 1.54) is 5.56 Å². The molecule has 2 aromatic rings. The number of hydrogen-bond acceptors (Lipinski definition) is 3. The summed E-state index contributed by atoms with van der Waals surface area (Å²) in [6.07, 6.45) is 2.55. The molecule has 2 unspecified atom stereocenters. The maximum absolute atomic E-state index is 12.1. The monoisotopic (exact) mass is 334 g/mol. The van der Waals surface area contributed by atoms with E-state index in [1.54, 1.807) is 10.9 Å². The standard InChI is InChI=1S/C14H15BrN4O/c1-19-8-17-18-13(19)7-16-14(20)12-6-11(12)9-3-2-4-10(15)5-9/h2-5,8,11-12H,6-7H2,1H3,(H,16,20). The van der Waals surface area contributed by atoms with Crippen molar-refractivity contribution in [3.05, 3.63) is 46.5 Å². The summed E-state index contributed by atoms with van der Waals surface area (Å²) in [6.45, 7) is 0.428. The van der Waals surface area contributed by atoms with Crippen LogP contribution in [0.1, 0.15) is 23.7 Å². The number of amides is 1. The highest BCUT2D eigenvalue weighted by Crippen LogP contribution is 2.47. The number of carbonyl (C=O) groups is 1. The molecule has 0 spiro atoms. The fraction of sp³-hybridized carbons (Fsp3) is 0.357. The number of benzene rings is 1. The fourth-order valence-corrected chi connectivity index (χ4v) is 2.77. The first-order valence-electron chi connectivity index (χ1n) is 6.51. The third-order valence-corrected chi connectivity index (χ3v) is 4.12. The molecule has 6 heteroatoms. The Morgan fingerprint density at radius 3 is 3.10 bits per heavy atom. The molecule has 0 radical (unpaired) electrons. The van der Waals surface area contributed by atoms with E-state index in [0.717, 1.165) is 16.7 Å². The fourth-order valence-electron chi connectivity index (χ4n) is 2.35. The van der Waals surface area contributed by atoms with Crippen molar-refractivity contribution in [3.8, 4) is 0 Å². The lowest BCUT2D eigenvalue weighted by Gasteiger charge is -2.05. The van der Waals surface area contributed by atoms with Crippen molar-refractivity contribution in [2.45, 2.75) is 18.9 Å². The van der Waals surface area contributed by atoms with Gasteiger partial charge in [-0.1, -0.05) is 28.1 Å². The highest BCUT2D eigenvalue weighted by atomic mass is 79.9. The molecule has 1 aromatic heterocycles. The van der Waals surface area contributed by atoms with Crippen molar-refractivity contribution in [2.75, 3.05) is 0 Å². The molecule has 1 aromatic carbocycles. The SMILES string of the molecule is Cn1cnnc1CNC(=O)C1CC1c1cccc(Br)c1. The summed E-state index contributed by atoms with van der Waals surface area (Å²) in [6, 6.07) is 8.16. The van der Waals surface area contributed by atoms with E-state index >= 15 is 0 Å². The second-order valence-electron chi connectivity index (χ2n) is 5.08. The van der Waals surface area contributed by atoms with Crippen LogP contribution < -0.4 is 5.32 Å². The van der Waals surface area contributed by atoms with Crippen LogP contribution in [-0.4, -0.2) is 20.7 Å². The van der Waals surface area contributed by atoms with Crippen LogP contribution in [-0.2, 0) is 18.4 Å². The minimum absolute atomic E-state index is 0.0810. The Morgan fingerprint density at radius 1 is 1.55 bits per heavy atom. The summed E-state index contributed by atoms with van der Waals surface area (Å²) < 4.78 is 2.86. The molecule has 0 bridgehead atoms. The van der Waals surface area contributed by atoms with Gasteiger partial charge in [-0.05, 0) is 30.0 Å². The maximum Gasteiger partial charge on any atom is 0.224 e. The van der Waals surface area contributed by atoms with Crippen LogP contribution in [0.4, 0.5) is 0 Å². The molecule has 2 atom stereocenters. The number of halogens is 1. The van der Waals surface area contributed by atoms with Crippen molar-refractivity contribution in [2.24, 2.45) is 13.0 Å². The summed E-state index contributed by atoms with van der Waals surface area (Å²) in [5.74, 6) is 1.28. The van der Waals surface area contributed by atoms with Gasteiger partial charge in [-0.3, -0.25) is 4.79 Å². The zero-order valence-electron chi connectivity index (χ0n) is 11.1. The number of aromatic nitrogens is 3. The smallest absolute Gasteiger partial charge is 0.224 e. The predicted octanol–water partition coefficient (Wildman–Crippen LogP) is 2.00. The van der Waals surface area contributed by atoms with Crippen molar-refractivity contribution in [1.82, 2.24) is 20.1 Å². The van der Waals surface area contributed by atoms with Crippen molar-refractivity contribution >= 4 is 21.8 Å². The third-order valence-electron chi connectivity index (χ3n) is 3.63. The maximum atomic E-state index is 12.1. The first-order valence-corrected chi connectivity index (χ1v) is 7.30. The van der Waals surface area contributed by atoms with Gasteiger partial charge < -0.3 is 9.88 Å². The first-order chi connectivity index (χ1) is 9.65. The van der Waals surface area contributed by atoms with E-state index in [0.29, 0.717) is 12.5 Å². The molecule has 1 aliphatic rings. The van der Waals surface area contributed by atoms with Crippen LogP contribution in [0.5, 0.6) is 0 Å². The molecular weight excluding hydrogens is 320 g/mol. The normalized spacial score (nSPS) is 20.7. The number of rotatable bonds is 4. The number of nitrogens with one attached hydrogen (secondary N) is 1. The lowest BCUT2D eigenvalue weighted by Crippen LogP contribution is -2.26. The molecule has 0 saturated heterocycles. The van der Waals surface area contributed by atoms with E-state index in [2.05, 4.69) is 43.6 Å². The molecule has 1 fully saturated rings. The molecule has 20 heavy (non-hydrogen) atoms. The lowest BCUT2D eigenvalue weighted by molar-refractivity contribution is -0.122. The van der Waals surface area contributed by atoms with Gasteiger partial charge in [0.05, 0.1) is 6.54 Å². The molecule has 104 valence electrons. The van der Waals surface area contributed by atoms with Gasteiger partial charge in [0, 0.05) is 17.4 Å². The lowest BCUT2D eigenvalue weighted by atomic mass is 10.1. The van der Waals surface area contributed by atoms with Crippen LogP contribution in [0.2, 0.25) is 0 Å². The Kier molecular flexibility index (Phi) is 3.56. The molecule has 1 amide bonds. The zero-order valence-corrected chi connectivity index (χ0v) is 12.7. The van der Waals surface area contributed by atoms with Crippen molar-refractivity contribution < 1.29 is 4.79 Å². The Bertz CT molecular complexity index is 640. The van der Waals surface area contributed by atoms with Gasteiger partial charge in [-0.2, -0.15) is 0 Å². The van der Waals surface area contributed by atoms with Crippen molar-refractivity contribution in [1.29, 1.82) is 0 Å². The van der Waals surface area contributed by atoms with E-state index in [1.807, 2.05) is 19.2 Å². The minimum Gasteiger partial charge on any atom is -0.349 e. The Hall–Kier alpha value is -1.69. The van der Waals surface area contributed by atoms with Gasteiger partial charge in [-0.25, -0.2) is 0 Å². The highest BCUT2D eigenvalue weighted by Gasteiger charge is 2.43. The molecule has 1 heterocycles. The van der Waals surface area contributed by atoms with Gasteiger partial charge >= 0.3 is 0 Å². The average Bonchev–Trinajstić information content (AvgIpc) is 3.13. The molecule has 0 aliphatic heterocycles. The Balaban J connectivity index is 1.56. The highest BCUT2D eigenvalue weighted by molar-refractivity contribution is 9.10. The van der Waals surface area contributed by atoms with Crippen LogP contribution in [0.15, 0.2) is 35.1 Å². The minimum atomic E-state index is 0.0810. The third kappa shape index (κ3) is 2.75. The number of nitrogens with zero attached hydrogens (tertiary/aromatic N) is 3. The van der Waals surface area contributed by atoms with E-state index < -0.39 is 0 Å². The summed E-state index contributed by atoms with van der Waals surface area (Å²) in [5.41, 5.74) is 1.22. The summed E-state index contributed by atoms with van der Waals surface area (Å²) >= 11 is 3.46. The summed E-state index contributed by atoms with van der Waals surface area (Å²) in [4.78, 5) is 12.1. The molecule has 3 rings (SSSR count). The van der Waals surface area contributed by atoms with Crippen LogP contribution >= 0.6 is 15.9 Å². The Labute approximate surface area is 125 Å². The molecule has 5 nitrogen and oxygen atoms in total. The van der Waals surface area contributed by atoms with Crippen LogP contribution in [0, 0.1) is 5.92 Å². The summed E-state index contributed by atoms with van der Waals surface area (Å²) in [5, 5.41) is 10.7. The zero-order chi connectivity index (χ0) is 14.1.